The summed E-state index contributed by atoms with van der Waals surface area (Å²) in [5, 5.41) is 9.07. The van der Waals surface area contributed by atoms with Gasteiger partial charge in [0.1, 0.15) is 6.10 Å². The van der Waals surface area contributed by atoms with Crippen LogP contribution in [-0.2, 0) is 0 Å². The molecule has 144 valence electrons. The summed E-state index contributed by atoms with van der Waals surface area (Å²) in [6.07, 6.45) is 3.28. The fourth-order valence-electron chi connectivity index (χ4n) is 3.30. The van der Waals surface area contributed by atoms with E-state index in [-0.39, 0.29) is 5.78 Å². The van der Waals surface area contributed by atoms with E-state index < -0.39 is 6.10 Å². The van der Waals surface area contributed by atoms with Crippen molar-refractivity contribution in [3.05, 3.63) is 83.2 Å². The molecule has 0 aliphatic carbocycles. The van der Waals surface area contributed by atoms with Crippen LogP contribution in [0, 0.1) is 11.3 Å². The number of carbonyl (C=O) groups is 1. The molecule has 0 radical (unpaired) electrons. The lowest BCUT2D eigenvalue weighted by Gasteiger charge is -2.24. The van der Waals surface area contributed by atoms with Gasteiger partial charge in [-0.1, -0.05) is 12.1 Å². The first-order valence-corrected chi connectivity index (χ1v) is 9.15. The Balaban J connectivity index is 1.77. The minimum Gasteiger partial charge on any atom is -0.490 e. The van der Waals surface area contributed by atoms with Crippen molar-refractivity contribution in [2.75, 3.05) is 13.7 Å². The molecule has 3 aromatic rings. The second-order valence-corrected chi connectivity index (χ2v) is 6.51. The summed E-state index contributed by atoms with van der Waals surface area (Å²) in [7, 11) is 1.52. The van der Waals surface area contributed by atoms with Gasteiger partial charge in [-0.2, -0.15) is 5.26 Å². The molecule has 6 nitrogen and oxygen atoms in total. The highest BCUT2D eigenvalue weighted by Crippen LogP contribution is 2.44. The molecule has 29 heavy (non-hydrogen) atoms. The number of hydrogen-bond donors (Lipinski definition) is 0. The normalized spacial score (nSPS) is 13.6. The number of nitrogens with zero attached hydrogens (tertiary/aromatic N) is 2. The highest BCUT2D eigenvalue weighted by Gasteiger charge is 2.27. The second kappa shape index (κ2) is 8.03. The number of benzene rings is 2. The molecule has 0 saturated heterocycles. The Morgan fingerprint density at radius 2 is 1.79 bits per heavy atom. The molecule has 0 amide bonds. The minimum atomic E-state index is -0.461. The van der Waals surface area contributed by atoms with Gasteiger partial charge in [0.05, 0.1) is 30.9 Å². The lowest BCUT2D eigenvalue weighted by Crippen LogP contribution is -2.17. The molecular weight excluding hydrogens is 368 g/mol. The summed E-state index contributed by atoms with van der Waals surface area (Å²) >= 11 is 0. The molecule has 0 unspecified atom stereocenters. The van der Waals surface area contributed by atoms with Crippen LogP contribution in [0.4, 0.5) is 0 Å². The Bertz CT molecular complexity index is 1070. The predicted octanol–water partition coefficient (Wildman–Crippen LogP) is 4.10. The van der Waals surface area contributed by atoms with E-state index in [1.165, 1.54) is 7.11 Å². The number of aromatic nitrogens is 1. The maximum atomic E-state index is 12.2. The first-order valence-electron chi connectivity index (χ1n) is 9.15. The molecule has 2 heterocycles. The number of Topliss-reactive ketones (excluding diaryl/α,β-unsaturated/α-hetero) is 1. The largest absolute Gasteiger partial charge is 0.490 e. The molecular formula is C23H18N2O4. The lowest BCUT2D eigenvalue weighted by atomic mass is 10.0. The van der Waals surface area contributed by atoms with Crippen molar-refractivity contribution in [3.63, 3.8) is 0 Å². The highest BCUT2D eigenvalue weighted by atomic mass is 16.5. The van der Waals surface area contributed by atoms with E-state index in [2.05, 4.69) is 11.1 Å². The topological polar surface area (TPSA) is 81.4 Å². The van der Waals surface area contributed by atoms with Gasteiger partial charge in [-0.15, -0.1) is 0 Å². The van der Waals surface area contributed by atoms with Gasteiger partial charge in [0.2, 0.25) is 5.75 Å². The van der Waals surface area contributed by atoms with Crippen molar-refractivity contribution in [3.8, 4) is 23.3 Å². The van der Waals surface area contributed by atoms with Gasteiger partial charge in [-0.3, -0.25) is 9.78 Å². The summed E-state index contributed by atoms with van der Waals surface area (Å²) in [5.41, 5.74) is 2.83. The van der Waals surface area contributed by atoms with E-state index in [1.54, 1.807) is 36.7 Å². The average molecular weight is 386 g/mol. The molecule has 2 aromatic carbocycles. The number of carbonyl (C=O) groups excluding carboxylic acids is 1. The lowest BCUT2D eigenvalue weighted by molar-refractivity contribution is 0.0929. The Kier molecular flexibility index (Phi) is 5.12. The van der Waals surface area contributed by atoms with Crippen molar-refractivity contribution < 1.29 is 19.0 Å². The summed E-state index contributed by atoms with van der Waals surface area (Å²) in [6.45, 7) is 0.315. The number of nitriles is 1. The monoisotopic (exact) mass is 386 g/mol. The van der Waals surface area contributed by atoms with Gasteiger partial charge >= 0.3 is 0 Å². The van der Waals surface area contributed by atoms with Crippen LogP contribution in [0.5, 0.6) is 17.2 Å². The van der Waals surface area contributed by atoms with Crippen LogP contribution >= 0.6 is 0 Å². The maximum absolute atomic E-state index is 12.2. The standard InChI is InChI=1S/C23H18N2O4/c1-27-23-20(7-6-18-19(26)10-13-28-22(18)23)29-21(17-8-11-25-12-9-17)16-4-2-15(14-24)3-5-16/h2-9,11-12,21H,10,13H2,1H3/t21-/m1/s1. The minimum absolute atomic E-state index is 0.0221. The number of hydrogen-bond acceptors (Lipinski definition) is 6. The van der Waals surface area contributed by atoms with Crippen LogP contribution in [-0.4, -0.2) is 24.5 Å². The molecule has 1 aliphatic heterocycles. The van der Waals surface area contributed by atoms with E-state index in [0.717, 1.165) is 11.1 Å². The van der Waals surface area contributed by atoms with Gasteiger partial charge in [-0.05, 0) is 47.5 Å². The zero-order valence-corrected chi connectivity index (χ0v) is 15.8. The fraction of sp³-hybridized carbons (Fsp3) is 0.174. The second-order valence-electron chi connectivity index (χ2n) is 6.51. The average Bonchev–Trinajstić information content (AvgIpc) is 2.78. The van der Waals surface area contributed by atoms with Crippen molar-refractivity contribution >= 4 is 5.78 Å². The smallest absolute Gasteiger partial charge is 0.204 e. The third kappa shape index (κ3) is 3.63. The summed E-state index contributed by atoms with van der Waals surface area (Å²) in [5.74, 6) is 1.29. The predicted molar refractivity (Wildman–Crippen MR) is 105 cm³/mol. The van der Waals surface area contributed by atoms with Crippen LogP contribution in [0.15, 0.2) is 60.9 Å². The van der Waals surface area contributed by atoms with Gasteiger partial charge in [0.25, 0.3) is 0 Å². The summed E-state index contributed by atoms with van der Waals surface area (Å²) in [6, 6.07) is 16.5. The first-order chi connectivity index (χ1) is 14.2. The molecule has 1 aromatic heterocycles. The fourth-order valence-corrected chi connectivity index (χ4v) is 3.30. The van der Waals surface area contributed by atoms with Gasteiger partial charge in [-0.25, -0.2) is 0 Å². The van der Waals surface area contributed by atoms with E-state index >= 15 is 0 Å². The number of ketones is 1. The number of fused-ring (bicyclic) bond motifs is 1. The number of ether oxygens (including phenoxy) is 3. The zero-order valence-electron chi connectivity index (χ0n) is 15.8. The molecule has 0 saturated carbocycles. The number of pyridine rings is 1. The Labute approximate surface area is 168 Å². The van der Waals surface area contributed by atoms with E-state index in [9.17, 15) is 4.79 Å². The molecule has 6 heteroatoms. The third-order valence-electron chi connectivity index (χ3n) is 4.75. The molecule has 0 spiro atoms. The van der Waals surface area contributed by atoms with Crippen molar-refractivity contribution in [1.29, 1.82) is 5.26 Å². The van der Waals surface area contributed by atoms with Crippen LogP contribution in [0.3, 0.4) is 0 Å². The zero-order chi connectivity index (χ0) is 20.2. The van der Waals surface area contributed by atoms with Crippen molar-refractivity contribution in [2.45, 2.75) is 12.5 Å². The van der Waals surface area contributed by atoms with Gasteiger partial charge in [0, 0.05) is 18.8 Å². The van der Waals surface area contributed by atoms with Crippen LogP contribution in [0.25, 0.3) is 0 Å². The molecule has 4 rings (SSSR count). The quantitative estimate of drug-likeness (QED) is 0.657. The van der Waals surface area contributed by atoms with Crippen molar-refractivity contribution in [1.82, 2.24) is 4.98 Å². The third-order valence-corrected chi connectivity index (χ3v) is 4.75. The molecule has 0 bridgehead atoms. The number of methoxy groups -OCH3 is 1. The first kappa shape index (κ1) is 18.5. The van der Waals surface area contributed by atoms with Gasteiger partial charge in [0.15, 0.2) is 17.3 Å². The van der Waals surface area contributed by atoms with Crippen LogP contribution in [0.1, 0.15) is 39.6 Å². The molecule has 1 atom stereocenters. The number of rotatable bonds is 5. The van der Waals surface area contributed by atoms with E-state index in [1.807, 2.05) is 24.3 Å². The van der Waals surface area contributed by atoms with Crippen LogP contribution < -0.4 is 14.2 Å². The molecule has 1 aliphatic rings. The maximum Gasteiger partial charge on any atom is 0.204 e. The van der Waals surface area contributed by atoms with Gasteiger partial charge < -0.3 is 14.2 Å². The Morgan fingerprint density at radius 3 is 2.48 bits per heavy atom. The highest BCUT2D eigenvalue weighted by molar-refractivity contribution is 6.00. The summed E-state index contributed by atoms with van der Waals surface area (Å²) < 4.78 is 17.6. The SMILES string of the molecule is COc1c(O[C@@H](c2ccncc2)c2ccc(C#N)cc2)ccc2c1OCCC2=O. The van der Waals surface area contributed by atoms with E-state index in [4.69, 9.17) is 19.5 Å². The molecule has 0 fully saturated rings. The Morgan fingerprint density at radius 1 is 1.07 bits per heavy atom. The van der Waals surface area contributed by atoms with Crippen molar-refractivity contribution in [2.24, 2.45) is 0 Å². The molecule has 0 N–H and O–H groups in total. The Hall–Kier alpha value is -3.85. The van der Waals surface area contributed by atoms with Crippen LogP contribution in [0.2, 0.25) is 0 Å². The van der Waals surface area contributed by atoms with E-state index in [0.29, 0.717) is 41.4 Å². The summed E-state index contributed by atoms with van der Waals surface area (Å²) in [4.78, 5) is 16.3.